The van der Waals surface area contributed by atoms with Crippen LogP contribution in [0.5, 0.6) is 5.75 Å². The molecule has 2 atom stereocenters. The Hall–Kier alpha value is -2.19. The van der Waals surface area contributed by atoms with E-state index >= 15 is 0 Å². The molecule has 1 fully saturated rings. The van der Waals surface area contributed by atoms with Crippen molar-refractivity contribution in [1.82, 2.24) is 5.32 Å². The van der Waals surface area contributed by atoms with Crippen LogP contribution in [-0.4, -0.2) is 39.7 Å². The molecule has 1 aliphatic rings. The number of aromatic hydroxyl groups is 1. The minimum atomic E-state index is -0.688. The molecule has 2 unspecified atom stereocenters. The minimum Gasteiger partial charge on any atom is -0.505 e. The summed E-state index contributed by atoms with van der Waals surface area (Å²) in [5, 5.41) is 34.8. The number of hydrogen-bond donors (Lipinski definition) is 4. The third-order valence-corrected chi connectivity index (χ3v) is 2.89. The largest absolute Gasteiger partial charge is 0.505 e. The number of phenols is 1. The lowest BCUT2D eigenvalue weighted by atomic mass is 10.1. The number of nitrogens with zero attached hydrogens (tertiary/aromatic N) is 1. The van der Waals surface area contributed by atoms with E-state index in [4.69, 9.17) is 0 Å². The lowest BCUT2D eigenvalue weighted by molar-refractivity contribution is -0.384. The average molecular weight is 267 g/mol. The Morgan fingerprint density at radius 3 is 2.84 bits per heavy atom. The summed E-state index contributed by atoms with van der Waals surface area (Å²) >= 11 is 0. The molecular formula is C11H13N3O5. The highest BCUT2D eigenvalue weighted by molar-refractivity contribution is 5.98. The second-order valence-corrected chi connectivity index (χ2v) is 4.27. The highest BCUT2D eigenvalue weighted by Crippen LogP contribution is 2.33. The highest BCUT2D eigenvalue weighted by Gasteiger charge is 2.30. The molecule has 8 nitrogen and oxygen atoms in total. The van der Waals surface area contributed by atoms with Crippen molar-refractivity contribution in [3.8, 4) is 5.75 Å². The van der Waals surface area contributed by atoms with E-state index in [-0.39, 0.29) is 23.5 Å². The fourth-order valence-corrected chi connectivity index (χ4v) is 1.94. The van der Waals surface area contributed by atoms with Gasteiger partial charge in [0.15, 0.2) is 5.69 Å². The third-order valence-electron chi connectivity index (χ3n) is 2.89. The molecule has 19 heavy (non-hydrogen) atoms. The van der Waals surface area contributed by atoms with E-state index in [1.54, 1.807) is 0 Å². The van der Waals surface area contributed by atoms with Gasteiger partial charge in [-0.1, -0.05) is 6.07 Å². The molecule has 1 amide bonds. The summed E-state index contributed by atoms with van der Waals surface area (Å²) in [4.78, 5) is 22.0. The molecule has 8 heteroatoms. The third kappa shape index (κ3) is 2.80. The molecule has 4 N–H and O–H groups in total. The van der Waals surface area contributed by atoms with Gasteiger partial charge in [0.1, 0.15) is 5.75 Å². The standard InChI is InChI=1S/C11H13N3O5/c15-6-4-7(12-5-6)11(17)13-10-8(14(18)19)2-1-3-9(10)16/h1-3,6-7,12,15-16H,4-5H2,(H,13,17). The molecule has 0 aliphatic carbocycles. The smallest absolute Gasteiger partial charge is 0.296 e. The van der Waals surface area contributed by atoms with Crippen molar-refractivity contribution in [2.75, 3.05) is 11.9 Å². The number of carbonyl (C=O) groups excluding carboxylic acids is 1. The summed E-state index contributed by atoms with van der Waals surface area (Å²) in [7, 11) is 0. The van der Waals surface area contributed by atoms with Crippen LogP contribution in [0.15, 0.2) is 18.2 Å². The van der Waals surface area contributed by atoms with Crippen molar-refractivity contribution in [2.45, 2.75) is 18.6 Å². The number of benzene rings is 1. The Labute approximate surface area is 108 Å². The number of phenolic OH excluding ortho intramolecular Hbond substituents is 1. The quantitative estimate of drug-likeness (QED) is 0.346. The Morgan fingerprint density at radius 2 is 2.26 bits per heavy atom. The number of β-amino-alcohol motifs (C(OH)–C–C–N with tert-alkyl or cyclic N) is 1. The maximum atomic E-state index is 11.9. The van der Waals surface area contributed by atoms with Crippen LogP contribution in [0.1, 0.15) is 6.42 Å². The van der Waals surface area contributed by atoms with Gasteiger partial charge in [0.2, 0.25) is 5.91 Å². The van der Waals surface area contributed by atoms with Gasteiger partial charge in [-0.05, 0) is 12.5 Å². The van der Waals surface area contributed by atoms with E-state index in [0.29, 0.717) is 6.54 Å². The van der Waals surface area contributed by atoms with Gasteiger partial charge in [0.05, 0.1) is 17.1 Å². The summed E-state index contributed by atoms with van der Waals surface area (Å²) in [5.74, 6) is -0.901. The van der Waals surface area contributed by atoms with Crippen LogP contribution in [-0.2, 0) is 4.79 Å². The van der Waals surface area contributed by atoms with Crippen molar-refractivity contribution in [3.63, 3.8) is 0 Å². The number of para-hydroxylation sites is 1. The minimum absolute atomic E-state index is 0.229. The lowest BCUT2D eigenvalue weighted by Gasteiger charge is -2.12. The average Bonchev–Trinajstić information content (AvgIpc) is 2.78. The predicted molar refractivity (Wildman–Crippen MR) is 65.8 cm³/mol. The number of nitro benzene ring substituents is 1. The Bertz CT molecular complexity index is 519. The van der Waals surface area contributed by atoms with E-state index in [2.05, 4.69) is 10.6 Å². The van der Waals surface area contributed by atoms with Crippen LogP contribution in [0, 0.1) is 10.1 Å². The number of rotatable bonds is 3. The van der Waals surface area contributed by atoms with Crippen LogP contribution >= 0.6 is 0 Å². The number of anilines is 1. The van der Waals surface area contributed by atoms with E-state index in [0.717, 1.165) is 0 Å². The SMILES string of the molecule is O=C(Nc1c(O)cccc1[N+](=O)[O-])C1CC(O)CN1. The van der Waals surface area contributed by atoms with E-state index < -0.39 is 23.0 Å². The molecule has 1 aliphatic heterocycles. The fourth-order valence-electron chi connectivity index (χ4n) is 1.94. The zero-order chi connectivity index (χ0) is 14.0. The first-order valence-corrected chi connectivity index (χ1v) is 5.67. The summed E-state index contributed by atoms with van der Waals surface area (Å²) in [5.41, 5.74) is -0.618. The first-order valence-electron chi connectivity index (χ1n) is 5.67. The monoisotopic (exact) mass is 267 g/mol. The van der Waals surface area contributed by atoms with Gasteiger partial charge < -0.3 is 20.8 Å². The van der Waals surface area contributed by atoms with Crippen LogP contribution in [0.3, 0.4) is 0 Å². The molecular weight excluding hydrogens is 254 g/mol. The Morgan fingerprint density at radius 1 is 1.53 bits per heavy atom. The number of aliphatic hydroxyl groups is 1. The maximum absolute atomic E-state index is 11.9. The zero-order valence-corrected chi connectivity index (χ0v) is 9.87. The molecule has 0 saturated carbocycles. The normalized spacial score (nSPS) is 22.2. The number of nitrogens with one attached hydrogen (secondary N) is 2. The van der Waals surface area contributed by atoms with Gasteiger partial charge in [-0.3, -0.25) is 14.9 Å². The van der Waals surface area contributed by atoms with Crippen molar-refractivity contribution >= 4 is 17.3 Å². The second kappa shape index (κ2) is 5.21. The fraction of sp³-hybridized carbons (Fsp3) is 0.364. The molecule has 1 saturated heterocycles. The summed E-state index contributed by atoms with van der Waals surface area (Å²) in [6, 6.07) is 3.13. The Balaban J connectivity index is 2.19. The van der Waals surface area contributed by atoms with Crippen LogP contribution in [0.4, 0.5) is 11.4 Å². The van der Waals surface area contributed by atoms with Crippen molar-refractivity contribution < 1.29 is 19.9 Å². The first-order chi connectivity index (χ1) is 8.99. The van der Waals surface area contributed by atoms with E-state index in [9.17, 15) is 25.1 Å². The molecule has 0 spiro atoms. The molecule has 2 rings (SSSR count). The summed E-state index contributed by atoms with van der Waals surface area (Å²) in [6.45, 7) is 0.293. The first kappa shape index (κ1) is 13.2. The zero-order valence-electron chi connectivity index (χ0n) is 9.87. The van der Waals surface area contributed by atoms with Crippen LogP contribution < -0.4 is 10.6 Å². The lowest BCUT2D eigenvalue weighted by Crippen LogP contribution is -2.35. The van der Waals surface area contributed by atoms with Gasteiger partial charge >= 0.3 is 0 Å². The summed E-state index contributed by atoms with van der Waals surface area (Å²) < 4.78 is 0. The Kier molecular flexibility index (Phi) is 3.63. The topological polar surface area (TPSA) is 125 Å². The number of nitro groups is 1. The number of carbonyl (C=O) groups is 1. The van der Waals surface area contributed by atoms with E-state index in [1.165, 1.54) is 18.2 Å². The molecule has 1 aromatic carbocycles. The van der Waals surface area contributed by atoms with Gasteiger partial charge in [-0.2, -0.15) is 0 Å². The molecule has 102 valence electrons. The highest BCUT2D eigenvalue weighted by atomic mass is 16.6. The molecule has 1 aromatic rings. The molecule has 0 radical (unpaired) electrons. The number of amides is 1. The van der Waals surface area contributed by atoms with Crippen molar-refractivity contribution in [3.05, 3.63) is 28.3 Å². The van der Waals surface area contributed by atoms with Gasteiger partial charge in [0.25, 0.3) is 5.69 Å². The number of aliphatic hydroxyl groups excluding tert-OH is 1. The maximum Gasteiger partial charge on any atom is 0.296 e. The molecule has 0 bridgehead atoms. The van der Waals surface area contributed by atoms with E-state index in [1.807, 2.05) is 0 Å². The second-order valence-electron chi connectivity index (χ2n) is 4.27. The van der Waals surface area contributed by atoms with Crippen molar-refractivity contribution in [2.24, 2.45) is 0 Å². The summed E-state index contributed by atoms with van der Waals surface area (Å²) in [6.07, 6.45) is -0.386. The van der Waals surface area contributed by atoms with Crippen LogP contribution in [0.25, 0.3) is 0 Å². The van der Waals surface area contributed by atoms with Crippen molar-refractivity contribution in [1.29, 1.82) is 0 Å². The molecule has 0 aromatic heterocycles. The van der Waals surface area contributed by atoms with Gasteiger partial charge in [0, 0.05) is 12.6 Å². The van der Waals surface area contributed by atoms with Gasteiger partial charge in [-0.15, -0.1) is 0 Å². The van der Waals surface area contributed by atoms with Gasteiger partial charge in [-0.25, -0.2) is 0 Å². The van der Waals surface area contributed by atoms with Crippen LogP contribution in [0.2, 0.25) is 0 Å². The number of hydrogen-bond acceptors (Lipinski definition) is 6. The predicted octanol–water partition coefficient (Wildman–Crippen LogP) is -0.0383. The molecule has 1 heterocycles.